The van der Waals surface area contributed by atoms with Crippen LogP contribution in [0, 0.1) is 5.92 Å². The summed E-state index contributed by atoms with van der Waals surface area (Å²) in [5.41, 5.74) is 2.68. The molecule has 0 amide bonds. The van der Waals surface area contributed by atoms with Crippen LogP contribution in [0.3, 0.4) is 0 Å². The number of aliphatic imine (C=N–C) groups is 1. The fourth-order valence-electron chi connectivity index (χ4n) is 2.49. The molecule has 1 aromatic carbocycles. The van der Waals surface area contributed by atoms with E-state index in [2.05, 4.69) is 48.3 Å². The first-order valence-corrected chi connectivity index (χ1v) is 6.00. The topological polar surface area (TPSA) is 12.4 Å². The average molecular weight is 213 g/mol. The van der Waals surface area contributed by atoms with Gasteiger partial charge in [0.25, 0.3) is 0 Å². The van der Waals surface area contributed by atoms with Gasteiger partial charge in [0.2, 0.25) is 0 Å². The second-order valence-electron chi connectivity index (χ2n) is 4.47. The van der Waals surface area contributed by atoms with Crippen LogP contribution < -0.4 is 0 Å². The van der Waals surface area contributed by atoms with Crippen molar-refractivity contribution in [2.24, 2.45) is 10.9 Å². The third kappa shape index (κ3) is 2.24. The average Bonchev–Trinajstić information content (AvgIpc) is 2.83. The number of benzene rings is 1. The van der Waals surface area contributed by atoms with Crippen LogP contribution in [0.4, 0.5) is 0 Å². The Labute approximate surface area is 97.9 Å². The third-order valence-electron chi connectivity index (χ3n) is 3.45. The zero-order valence-electron chi connectivity index (χ0n) is 10.1. The molecule has 0 spiro atoms. The van der Waals surface area contributed by atoms with Gasteiger partial charge in [-0.1, -0.05) is 43.3 Å². The van der Waals surface area contributed by atoms with E-state index in [-0.39, 0.29) is 0 Å². The number of nitrogens with zero attached hydrogens (tertiary/aromatic N) is 1. The van der Waals surface area contributed by atoms with Crippen LogP contribution in [-0.2, 0) is 0 Å². The molecular formula is C15H19N. The molecule has 0 heterocycles. The molecule has 0 fully saturated rings. The van der Waals surface area contributed by atoms with E-state index in [1.165, 1.54) is 24.0 Å². The molecule has 0 aromatic heterocycles. The Hall–Kier alpha value is -1.37. The Bertz CT molecular complexity index is 404. The standard InChI is InChI=1S/C15H19N/c1-12(13-7-3-4-8-13)15-10-6-5-9-14(15)11-16-2/h3,5-7,9-13H,4,8H2,1-2H3. The van der Waals surface area contributed by atoms with E-state index < -0.39 is 0 Å². The highest BCUT2D eigenvalue weighted by molar-refractivity contribution is 5.81. The Morgan fingerprint density at radius 1 is 1.38 bits per heavy atom. The minimum atomic E-state index is 0.591. The molecule has 0 aliphatic heterocycles. The summed E-state index contributed by atoms with van der Waals surface area (Å²) in [4.78, 5) is 4.13. The van der Waals surface area contributed by atoms with E-state index >= 15 is 0 Å². The molecule has 0 bridgehead atoms. The molecule has 2 rings (SSSR count). The lowest BCUT2D eigenvalue weighted by atomic mass is 9.85. The van der Waals surface area contributed by atoms with Crippen molar-refractivity contribution < 1.29 is 0 Å². The second-order valence-corrected chi connectivity index (χ2v) is 4.47. The lowest BCUT2D eigenvalue weighted by molar-refractivity contribution is 0.531. The van der Waals surface area contributed by atoms with Crippen molar-refractivity contribution in [3.63, 3.8) is 0 Å². The SMILES string of the molecule is CN=Cc1ccccc1C(C)C1C=CCC1. The lowest BCUT2D eigenvalue weighted by Gasteiger charge is -2.20. The van der Waals surface area contributed by atoms with E-state index in [1.54, 1.807) is 0 Å². The molecule has 16 heavy (non-hydrogen) atoms. The Kier molecular flexibility index (Phi) is 3.55. The van der Waals surface area contributed by atoms with Crippen LogP contribution in [0.1, 0.15) is 36.8 Å². The molecular weight excluding hydrogens is 194 g/mol. The van der Waals surface area contributed by atoms with E-state index in [0.717, 1.165) is 0 Å². The van der Waals surface area contributed by atoms with Crippen LogP contribution in [-0.4, -0.2) is 13.3 Å². The first kappa shape index (κ1) is 11.1. The normalized spacial score (nSPS) is 21.8. The van der Waals surface area contributed by atoms with Gasteiger partial charge in [-0.25, -0.2) is 0 Å². The van der Waals surface area contributed by atoms with Gasteiger partial charge >= 0.3 is 0 Å². The van der Waals surface area contributed by atoms with Crippen molar-refractivity contribution in [2.45, 2.75) is 25.7 Å². The van der Waals surface area contributed by atoms with E-state index in [0.29, 0.717) is 11.8 Å². The van der Waals surface area contributed by atoms with Gasteiger partial charge in [0.15, 0.2) is 0 Å². The van der Waals surface area contributed by atoms with Crippen molar-refractivity contribution in [3.05, 3.63) is 47.5 Å². The summed E-state index contributed by atoms with van der Waals surface area (Å²) in [6.07, 6.45) is 9.16. The Morgan fingerprint density at radius 3 is 2.88 bits per heavy atom. The molecule has 1 aliphatic rings. The summed E-state index contributed by atoms with van der Waals surface area (Å²) in [6.45, 7) is 2.32. The van der Waals surface area contributed by atoms with Crippen LogP contribution in [0.2, 0.25) is 0 Å². The predicted octanol–water partition coefficient (Wildman–Crippen LogP) is 3.81. The third-order valence-corrected chi connectivity index (χ3v) is 3.45. The zero-order valence-corrected chi connectivity index (χ0v) is 10.1. The molecule has 2 unspecified atom stereocenters. The summed E-state index contributed by atoms with van der Waals surface area (Å²) in [7, 11) is 1.83. The summed E-state index contributed by atoms with van der Waals surface area (Å²) in [6, 6.07) is 8.58. The smallest absolute Gasteiger partial charge is 0.0284 e. The van der Waals surface area contributed by atoms with Crippen molar-refractivity contribution in [1.29, 1.82) is 0 Å². The molecule has 0 saturated heterocycles. The van der Waals surface area contributed by atoms with E-state index in [1.807, 2.05) is 13.3 Å². The monoisotopic (exact) mass is 213 g/mol. The van der Waals surface area contributed by atoms with Crippen LogP contribution in [0.5, 0.6) is 0 Å². The maximum Gasteiger partial charge on any atom is 0.0284 e. The second kappa shape index (κ2) is 5.11. The molecule has 84 valence electrons. The first-order chi connectivity index (χ1) is 7.83. The van der Waals surface area contributed by atoms with Gasteiger partial charge in [-0.2, -0.15) is 0 Å². The van der Waals surface area contributed by atoms with Crippen LogP contribution in [0.25, 0.3) is 0 Å². The largest absolute Gasteiger partial charge is 0.296 e. The number of hydrogen-bond donors (Lipinski definition) is 0. The lowest BCUT2D eigenvalue weighted by Crippen LogP contribution is -2.07. The van der Waals surface area contributed by atoms with Crippen molar-refractivity contribution >= 4 is 6.21 Å². The minimum absolute atomic E-state index is 0.591. The zero-order chi connectivity index (χ0) is 11.4. The van der Waals surface area contributed by atoms with Gasteiger partial charge in [-0.05, 0) is 35.8 Å². The van der Waals surface area contributed by atoms with Gasteiger partial charge < -0.3 is 0 Å². The predicted molar refractivity (Wildman–Crippen MR) is 70.2 cm³/mol. The highest BCUT2D eigenvalue weighted by Gasteiger charge is 2.20. The fourth-order valence-corrected chi connectivity index (χ4v) is 2.49. The highest BCUT2D eigenvalue weighted by atomic mass is 14.6. The first-order valence-electron chi connectivity index (χ1n) is 6.00. The van der Waals surface area contributed by atoms with Crippen LogP contribution >= 0.6 is 0 Å². The number of hydrogen-bond acceptors (Lipinski definition) is 1. The van der Waals surface area contributed by atoms with Gasteiger partial charge in [-0.3, -0.25) is 4.99 Å². The van der Waals surface area contributed by atoms with Crippen molar-refractivity contribution in [3.8, 4) is 0 Å². The highest BCUT2D eigenvalue weighted by Crippen LogP contribution is 2.33. The molecule has 0 radical (unpaired) electrons. The molecule has 0 N–H and O–H groups in total. The summed E-state index contributed by atoms with van der Waals surface area (Å²) < 4.78 is 0. The maximum atomic E-state index is 4.13. The van der Waals surface area contributed by atoms with Gasteiger partial charge in [-0.15, -0.1) is 0 Å². The van der Waals surface area contributed by atoms with Gasteiger partial charge in [0, 0.05) is 13.3 Å². The van der Waals surface area contributed by atoms with Gasteiger partial charge in [0.1, 0.15) is 0 Å². The summed E-state index contributed by atoms with van der Waals surface area (Å²) >= 11 is 0. The fraction of sp³-hybridized carbons (Fsp3) is 0.400. The minimum Gasteiger partial charge on any atom is -0.296 e. The van der Waals surface area contributed by atoms with E-state index in [9.17, 15) is 0 Å². The van der Waals surface area contributed by atoms with Gasteiger partial charge in [0.05, 0.1) is 0 Å². The molecule has 1 heteroatoms. The number of rotatable bonds is 3. The van der Waals surface area contributed by atoms with Crippen LogP contribution in [0.15, 0.2) is 41.4 Å². The molecule has 0 saturated carbocycles. The number of allylic oxidation sites excluding steroid dienone is 2. The summed E-state index contributed by atoms with van der Waals surface area (Å²) in [5, 5.41) is 0. The van der Waals surface area contributed by atoms with Crippen molar-refractivity contribution in [1.82, 2.24) is 0 Å². The molecule has 1 aromatic rings. The van der Waals surface area contributed by atoms with E-state index in [4.69, 9.17) is 0 Å². The molecule has 1 aliphatic carbocycles. The molecule has 1 nitrogen and oxygen atoms in total. The molecule has 2 atom stereocenters. The summed E-state index contributed by atoms with van der Waals surface area (Å²) in [5.74, 6) is 1.29. The van der Waals surface area contributed by atoms with Crippen molar-refractivity contribution in [2.75, 3.05) is 7.05 Å². The quantitative estimate of drug-likeness (QED) is 0.535. The maximum absolute atomic E-state index is 4.13. The Balaban J connectivity index is 2.27. The Morgan fingerprint density at radius 2 is 2.19 bits per heavy atom.